The molecule has 2 aromatic carbocycles. The highest BCUT2D eigenvalue weighted by Crippen LogP contribution is 2.45. The normalized spacial score (nSPS) is 11.5. The maximum absolute atomic E-state index is 13.7. The molecule has 0 bridgehead atoms. The molecule has 0 unspecified atom stereocenters. The Morgan fingerprint density at radius 1 is 0.889 bits per heavy atom. The number of carbonyl (C=O) groups is 1. The number of hydrogen-bond donors (Lipinski definition) is 1. The quantitative estimate of drug-likeness (QED) is 0.370. The summed E-state index contributed by atoms with van der Waals surface area (Å²) in [6.07, 6.45) is 4.32. The zero-order valence-corrected chi connectivity index (χ0v) is 17.3. The van der Waals surface area contributed by atoms with Crippen LogP contribution in [-0.2, 0) is 13.9 Å². The molecule has 7 heteroatoms. The summed E-state index contributed by atoms with van der Waals surface area (Å²) in [6.45, 7) is 0.342. The highest BCUT2D eigenvalue weighted by atomic mass is 35.5. The van der Waals surface area contributed by atoms with Crippen LogP contribution in [0.5, 0.6) is 0 Å². The first-order valence-corrected chi connectivity index (χ1v) is 11.3. The molecule has 146 valence electrons. The SMILES string of the molecule is O=C(O)CCCCCCCOP(=O)(c1cccc(Cl)c1)c1cccc(Cl)c1. The summed E-state index contributed by atoms with van der Waals surface area (Å²) in [5.74, 6) is -0.762. The van der Waals surface area contributed by atoms with Crippen LogP contribution >= 0.6 is 30.6 Å². The maximum atomic E-state index is 13.7. The standard InChI is InChI=1S/C20H23Cl2O4P/c21-16-8-6-10-18(14-16)27(25,19-11-7-9-17(22)15-19)26-13-5-3-1-2-4-12-20(23)24/h6-11,14-15H,1-5,12-13H2,(H,23,24). The molecule has 0 amide bonds. The number of unbranched alkanes of at least 4 members (excludes halogenated alkanes) is 4. The summed E-state index contributed by atoms with van der Waals surface area (Å²) in [5.41, 5.74) is 0. The highest BCUT2D eigenvalue weighted by Gasteiger charge is 2.29. The monoisotopic (exact) mass is 428 g/mol. The molecule has 2 aromatic rings. The van der Waals surface area contributed by atoms with Crippen LogP contribution in [-0.4, -0.2) is 17.7 Å². The Hall–Kier alpha value is -1.32. The van der Waals surface area contributed by atoms with Crippen LogP contribution in [0, 0.1) is 0 Å². The average Bonchev–Trinajstić information content (AvgIpc) is 2.63. The molecule has 4 nitrogen and oxygen atoms in total. The molecule has 0 fully saturated rings. The molecular weight excluding hydrogens is 406 g/mol. The number of carboxylic acids is 1. The Morgan fingerprint density at radius 3 is 1.93 bits per heavy atom. The largest absolute Gasteiger partial charge is 0.481 e. The Morgan fingerprint density at radius 2 is 1.41 bits per heavy atom. The molecule has 0 radical (unpaired) electrons. The first kappa shape index (κ1) is 22.0. The van der Waals surface area contributed by atoms with Crippen molar-refractivity contribution in [2.24, 2.45) is 0 Å². The van der Waals surface area contributed by atoms with Gasteiger partial charge in [0.05, 0.1) is 6.61 Å². The van der Waals surface area contributed by atoms with Gasteiger partial charge < -0.3 is 9.63 Å². The van der Waals surface area contributed by atoms with Gasteiger partial charge >= 0.3 is 5.97 Å². The fraction of sp³-hybridized carbons (Fsp3) is 0.350. The molecule has 0 saturated heterocycles. The van der Waals surface area contributed by atoms with E-state index in [0.29, 0.717) is 33.7 Å². The second-order valence-corrected chi connectivity index (χ2v) is 9.52. The molecule has 0 aromatic heterocycles. The van der Waals surface area contributed by atoms with E-state index >= 15 is 0 Å². The van der Waals surface area contributed by atoms with Crippen molar-refractivity contribution in [3.63, 3.8) is 0 Å². The van der Waals surface area contributed by atoms with Gasteiger partial charge in [0, 0.05) is 27.1 Å². The third kappa shape index (κ3) is 6.97. The summed E-state index contributed by atoms with van der Waals surface area (Å²) >= 11 is 12.2. The van der Waals surface area contributed by atoms with E-state index in [2.05, 4.69) is 0 Å². The van der Waals surface area contributed by atoms with E-state index in [0.717, 1.165) is 25.7 Å². The minimum Gasteiger partial charge on any atom is -0.481 e. The van der Waals surface area contributed by atoms with Crippen molar-refractivity contribution in [3.05, 3.63) is 58.6 Å². The third-order valence-electron chi connectivity index (χ3n) is 4.10. The van der Waals surface area contributed by atoms with E-state index in [1.807, 2.05) is 0 Å². The lowest BCUT2D eigenvalue weighted by molar-refractivity contribution is -0.137. The minimum absolute atomic E-state index is 0.204. The highest BCUT2D eigenvalue weighted by molar-refractivity contribution is 7.74. The van der Waals surface area contributed by atoms with E-state index in [9.17, 15) is 9.36 Å². The number of hydrogen-bond acceptors (Lipinski definition) is 3. The van der Waals surface area contributed by atoms with Gasteiger partial charge in [-0.1, -0.05) is 54.6 Å². The number of benzene rings is 2. The van der Waals surface area contributed by atoms with Gasteiger partial charge in [0.25, 0.3) is 7.37 Å². The lowest BCUT2D eigenvalue weighted by Gasteiger charge is -2.20. The summed E-state index contributed by atoms with van der Waals surface area (Å²) < 4.78 is 19.6. The summed E-state index contributed by atoms with van der Waals surface area (Å²) in [4.78, 5) is 10.5. The van der Waals surface area contributed by atoms with Gasteiger partial charge in [-0.3, -0.25) is 9.36 Å². The average molecular weight is 429 g/mol. The van der Waals surface area contributed by atoms with Crippen LogP contribution in [0.2, 0.25) is 10.0 Å². The van der Waals surface area contributed by atoms with Gasteiger partial charge in [-0.25, -0.2) is 0 Å². The van der Waals surface area contributed by atoms with E-state index in [-0.39, 0.29) is 6.42 Å². The van der Waals surface area contributed by atoms with E-state index < -0.39 is 13.3 Å². The Labute approximate surface area is 169 Å². The third-order valence-corrected chi connectivity index (χ3v) is 7.04. The predicted molar refractivity (Wildman–Crippen MR) is 111 cm³/mol. The summed E-state index contributed by atoms with van der Waals surface area (Å²) in [6, 6.07) is 13.8. The molecule has 27 heavy (non-hydrogen) atoms. The smallest absolute Gasteiger partial charge is 0.303 e. The second-order valence-electron chi connectivity index (χ2n) is 6.26. The number of carboxylic acid groups (broad SMARTS) is 1. The predicted octanol–water partition coefficient (Wildman–Crippen LogP) is 5.66. The van der Waals surface area contributed by atoms with Crippen molar-refractivity contribution in [3.8, 4) is 0 Å². The van der Waals surface area contributed by atoms with Crippen LogP contribution in [0.3, 0.4) is 0 Å². The van der Waals surface area contributed by atoms with Crippen LogP contribution in [0.1, 0.15) is 38.5 Å². The van der Waals surface area contributed by atoms with Crippen LogP contribution in [0.4, 0.5) is 0 Å². The Bertz CT molecular complexity index is 761. The fourth-order valence-electron chi connectivity index (χ4n) is 2.72. The summed E-state index contributed by atoms with van der Waals surface area (Å²) in [5, 5.41) is 10.7. The van der Waals surface area contributed by atoms with Gasteiger partial charge in [-0.05, 0) is 49.2 Å². The van der Waals surface area contributed by atoms with E-state index in [1.54, 1.807) is 48.5 Å². The number of halogens is 2. The van der Waals surface area contributed by atoms with E-state index in [1.165, 1.54) is 0 Å². The van der Waals surface area contributed by atoms with E-state index in [4.69, 9.17) is 32.8 Å². The fourth-order valence-corrected chi connectivity index (χ4v) is 5.42. The zero-order chi connectivity index (χ0) is 19.7. The van der Waals surface area contributed by atoms with Crippen LogP contribution < -0.4 is 10.6 Å². The summed E-state index contributed by atoms with van der Waals surface area (Å²) in [7, 11) is -3.30. The maximum Gasteiger partial charge on any atom is 0.303 e. The minimum atomic E-state index is -3.30. The second kappa shape index (κ2) is 10.9. The van der Waals surface area contributed by atoms with Crippen LogP contribution in [0.25, 0.3) is 0 Å². The van der Waals surface area contributed by atoms with Crippen molar-refractivity contribution < 1.29 is 19.0 Å². The lowest BCUT2D eigenvalue weighted by atomic mass is 10.1. The molecule has 2 rings (SSSR count). The molecule has 0 aliphatic carbocycles. The Kier molecular flexibility index (Phi) is 8.85. The molecule has 0 atom stereocenters. The van der Waals surface area contributed by atoms with Gasteiger partial charge in [-0.15, -0.1) is 0 Å². The topological polar surface area (TPSA) is 63.6 Å². The zero-order valence-electron chi connectivity index (χ0n) is 14.9. The van der Waals surface area contributed by atoms with Crippen molar-refractivity contribution >= 4 is 47.1 Å². The Balaban J connectivity index is 2.00. The first-order chi connectivity index (χ1) is 12.9. The van der Waals surface area contributed by atoms with Gasteiger partial charge in [0.2, 0.25) is 0 Å². The van der Waals surface area contributed by atoms with Gasteiger partial charge in [-0.2, -0.15) is 0 Å². The van der Waals surface area contributed by atoms with Crippen molar-refractivity contribution in [2.45, 2.75) is 38.5 Å². The molecule has 0 spiro atoms. The van der Waals surface area contributed by atoms with Crippen molar-refractivity contribution in [2.75, 3.05) is 6.61 Å². The molecule has 0 heterocycles. The molecule has 0 saturated carbocycles. The van der Waals surface area contributed by atoms with Crippen molar-refractivity contribution in [1.29, 1.82) is 0 Å². The van der Waals surface area contributed by atoms with Crippen LogP contribution in [0.15, 0.2) is 48.5 Å². The lowest BCUT2D eigenvalue weighted by Crippen LogP contribution is -2.18. The molecule has 1 N–H and O–H groups in total. The molecular formula is C20H23Cl2O4P. The molecule has 0 aliphatic heterocycles. The first-order valence-electron chi connectivity index (χ1n) is 8.90. The number of aliphatic carboxylic acids is 1. The van der Waals surface area contributed by atoms with Crippen molar-refractivity contribution in [1.82, 2.24) is 0 Å². The number of rotatable bonds is 11. The molecule has 0 aliphatic rings. The van der Waals surface area contributed by atoms with Gasteiger partial charge in [0.15, 0.2) is 0 Å². The van der Waals surface area contributed by atoms with Gasteiger partial charge in [0.1, 0.15) is 0 Å².